The maximum atomic E-state index is 10.7. The van der Waals surface area contributed by atoms with Crippen molar-refractivity contribution in [2.45, 2.75) is 51.2 Å². The zero-order valence-electron chi connectivity index (χ0n) is 13.8. The smallest absolute Gasteiger partial charge is 0.118 e. The van der Waals surface area contributed by atoms with Crippen molar-refractivity contribution in [3.05, 3.63) is 23.7 Å². The zero-order chi connectivity index (χ0) is 15.3. The maximum Gasteiger partial charge on any atom is 0.118 e. The molecule has 1 aliphatic heterocycles. The molecule has 2 rings (SSSR count). The number of rotatable bonds is 6. The van der Waals surface area contributed by atoms with Gasteiger partial charge in [-0.25, -0.2) is 0 Å². The fourth-order valence-corrected chi connectivity index (χ4v) is 3.25. The van der Waals surface area contributed by atoms with Crippen LogP contribution in [-0.2, 0) is 13.0 Å². The molecule has 1 saturated heterocycles. The lowest BCUT2D eigenvalue weighted by Gasteiger charge is -2.29. The van der Waals surface area contributed by atoms with E-state index in [0.717, 1.165) is 69.8 Å². The van der Waals surface area contributed by atoms with Crippen molar-refractivity contribution in [2.24, 2.45) is 0 Å². The molecule has 0 radical (unpaired) electrons. The Bertz CT molecular complexity index is 430. The summed E-state index contributed by atoms with van der Waals surface area (Å²) in [6.07, 6.45) is 4.91. The highest BCUT2D eigenvalue weighted by atomic mass is 16.3. The van der Waals surface area contributed by atoms with E-state index < -0.39 is 5.60 Å². The molecular weight excluding hydrogens is 264 g/mol. The summed E-state index contributed by atoms with van der Waals surface area (Å²) >= 11 is 0. The lowest BCUT2D eigenvalue weighted by Crippen LogP contribution is -2.40. The summed E-state index contributed by atoms with van der Waals surface area (Å²) in [7, 11) is 4.05. The monoisotopic (exact) mass is 294 g/mol. The van der Waals surface area contributed by atoms with E-state index in [4.69, 9.17) is 4.42 Å². The van der Waals surface area contributed by atoms with Gasteiger partial charge in [0, 0.05) is 19.5 Å². The number of aryl methyl sites for hydroxylation is 1. The Labute approximate surface area is 128 Å². The third-order valence-electron chi connectivity index (χ3n) is 4.21. The molecular formula is C17H30N2O2. The van der Waals surface area contributed by atoms with E-state index in [1.54, 1.807) is 0 Å². The summed E-state index contributed by atoms with van der Waals surface area (Å²) in [4.78, 5) is 4.49. The standard InChI is InChI=1S/C17H30N2O2/c1-4-6-15-7-8-16(21-15)13-19-11-5-9-17(20,10-12-19)14-18(2)3/h7-8,20H,4-6,9-14H2,1-3H3/t17-/m1/s1. The largest absolute Gasteiger partial charge is 0.465 e. The van der Waals surface area contributed by atoms with Gasteiger partial charge < -0.3 is 14.4 Å². The molecule has 120 valence electrons. The van der Waals surface area contributed by atoms with Gasteiger partial charge in [0.2, 0.25) is 0 Å². The van der Waals surface area contributed by atoms with Crippen LogP contribution in [0.5, 0.6) is 0 Å². The molecule has 21 heavy (non-hydrogen) atoms. The lowest BCUT2D eigenvalue weighted by molar-refractivity contribution is 0.00244. The number of likely N-dealkylation sites (tertiary alicyclic amines) is 1. The first kappa shape index (κ1) is 16.5. The van der Waals surface area contributed by atoms with Crippen molar-refractivity contribution in [2.75, 3.05) is 33.7 Å². The fourth-order valence-electron chi connectivity index (χ4n) is 3.25. The number of furan rings is 1. The third-order valence-corrected chi connectivity index (χ3v) is 4.21. The molecule has 0 aliphatic carbocycles. The van der Waals surface area contributed by atoms with Crippen molar-refractivity contribution < 1.29 is 9.52 Å². The Morgan fingerprint density at radius 2 is 2.00 bits per heavy atom. The molecule has 0 spiro atoms. The van der Waals surface area contributed by atoms with Gasteiger partial charge in [-0.2, -0.15) is 0 Å². The summed E-state index contributed by atoms with van der Waals surface area (Å²) < 4.78 is 5.87. The van der Waals surface area contributed by atoms with Crippen LogP contribution in [0.3, 0.4) is 0 Å². The van der Waals surface area contributed by atoms with Crippen LogP contribution in [0.1, 0.15) is 44.1 Å². The molecule has 1 aromatic heterocycles. The molecule has 1 fully saturated rings. The minimum atomic E-state index is -0.533. The minimum absolute atomic E-state index is 0.533. The van der Waals surface area contributed by atoms with Crippen LogP contribution in [0.15, 0.2) is 16.5 Å². The molecule has 4 nitrogen and oxygen atoms in total. The Balaban J connectivity index is 1.87. The van der Waals surface area contributed by atoms with Crippen LogP contribution < -0.4 is 0 Å². The molecule has 1 aliphatic rings. The summed E-state index contributed by atoms with van der Waals surface area (Å²) in [5.41, 5.74) is -0.533. The second-order valence-electron chi connectivity index (χ2n) is 6.71. The maximum absolute atomic E-state index is 10.7. The minimum Gasteiger partial charge on any atom is -0.465 e. The van der Waals surface area contributed by atoms with Crippen LogP contribution in [0.2, 0.25) is 0 Å². The highest BCUT2D eigenvalue weighted by Crippen LogP contribution is 2.24. The first-order valence-electron chi connectivity index (χ1n) is 8.18. The molecule has 0 saturated carbocycles. The van der Waals surface area contributed by atoms with Crippen LogP contribution in [0.25, 0.3) is 0 Å². The van der Waals surface area contributed by atoms with E-state index in [0.29, 0.717) is 0 Å². The van der Waals surface area contributed by atoms with E-state index in [1.807, 2.05) is 14.1 Å². The molecule has 0 amide bonds. The van der Waals surface area contributed by atoms with Crippen LogP contribution in [0, 0.1) is 0 Å². The number of hydrogen-bond donors (Lipinski definition) is 1. The van der Waals surface area contributed by atoms with E-state index in [2.05, 4.69) is 28.9 Å². The van der Waals surface area contributed by atoms with Gasteiger partial charge in [0.05, 0.1) is 12.1 Å². The first-order valence-corrected chi connectivity index (χ1v) is 8.18. The topological polar surface area (TPSA) is 39.9 Å². The average molecular weight is 294 g/mol. The van der Waals surface area contributed by atoms with Crippen molar-refractivity contribution >= 4 is 0 Å². The molecule has 0 unspecified atom stereocenters. The second kappa shape index (κ2) is 7.43. The SMILES string of the molecule is CCCc1ccc(CN2CCC[C@](O)(CN(C)C)CC2)o1. The zero-order valence-corrected chi connectivity index (χ0v) is 13.8. The Hall–Kier alpha value is -0.840. The Morgan fingerprint density at radius 1 is 1.24 bits per heavy atom. The van der Waals surface area contributed by atoms with Crippen molar-refractivity contribution in [3.8, 4) is 0 Å². The van der Waals surface area contributed by atoms with Crippen LogP contribution in [0.4, 0.5) is 0 Å². The van der Waals surface area contributed by atoms with Gasteiger partial charge in [0.15, 0.2) is 0 Å². The number of aliphatic hydroxyl groups is 1. The van der Waals surface area contributed by atoms with Gasteiger partial charge in [-0.1, -0.05) is 6.92 Å². The van der Waals surface area contributed by atoms with Crippen molar-refractivity contribution in [1.82, 2.24) is 9.80 Å². The van der Waals surface area contributed by atoms with Gasteiger partial charge >= 0.3 is 0 Å². The highest BCUT2D eigenvalue weighted by molar-refractivity contribution is 5.07. The van der Waals surface area contributed by atoms with Gasteiger partial charge in [-0.3, -0.25) is 4.90 Å². The molecule has 0 bridgehead atoms. The molecule has 0 aromatic carbocycles. The molecule has 1 atom stereocenters. The van der Waals surface area contributed by atoms with Crippen LogP contribution >= 0.6 is 0 Å². The number of nitrogens with zero attached hydrogens (tertiary/aromatic N) is 2. The molecule has 1 N–H and O–H groups in total. The third kappa shape index (κ3) is 5.13. The first-order chi connectivity index (χ1) is 10.0. The fraction of sp³-hybridized carbons (Fsp3) is 0.765. The Morgan fingerprint density at radius 3 is 2.71 bits per heavy atom. The van der Waals surface area contributed by atoms with Gasteiger partial charge in [0.25, 0.3) is 0 Å². The van der Waals surface area contributed by atoms with Crippen molar-refractivity contribution in [3.63, 3.8) is 0 Å². The second-order valence-corrected chi connectivity index (χ2v) is 6.71. The quantitative estimate of drug-likeness (QED) is 0.875. The van der Waals surface area contributed by atoms with Crippen molar-refractivity contribution in [1.29, 1.82) is 0 Å². The summed E-state index contributed by atoms with van der Waals surface area (Å²) in [6, 6.07) is 4.20. The lowest BCUT2D eigenvalue weighted by atomic mass is 9.94. The predicted molar refractivity (Wildman–Crippen MR) is 85.3 cm³/mol. The van der Waals surface area contributed by atoms with Crippen LogP contribution in [-0.4, -0.2) is 54.2 Å². The van der Waals surface area contributed by atoms with E-state index >= 15 is 0 Å². The summed E-state index contributed by atoms with van der Waals surface area (Å²) in [5, 5.41) is 10.7. The van der Waals surface area contributed by atoms with Gasteiger partial charge in [-0.05, 0) is 58.5 Å². The summed E-state index contributed by atoms with van der Waals surface area (Å²) in [5.74, 6) is 2.14. The molecule has 1 aromatic rings. The van der Waals surface area contributed by atoms with E-state index in [9.17, 15) is 5.11 Å². The van der Waals surface area contributed by atoms with Gasteiger partial charge in [0.1, 0.15) is 11.5 Å². The van der Waals surface area contributed by atoms with E-state index in [1.165, 1.54) is 0 Å². The Kier molecular flexibility index (Phi) is 5.85. The van der Waals surface area contributed by atoms with E-state index in [-0.39, 0.29) is 0 Å². The summed E-state index contributed by atoms with van der Waals surface area (Å²) in [6.45, 7) is 5.76. The number of likely N-dealkylation sites (N-methyl/N-ethyl adjacent to an activating group) is 1. The molecule has 2 heterocycles. The normalized spacial score (nSPS) is 24.4. The number of hydrogen-bond acceptors (Lipinski definition) is 4. The highest BCUT2D eigenvalue weighted by Gasteiger charge is 2.30. The van der Waals surface area contributed by atoms with Gasteiger partial charge in [-0.15, -0.1) is 0 Å². The molecule has 4 heteroatoms. The average Bonchev–Trinajstić information content (AvgIpc) is 2.74. The predicted octanol–water partition coefficient (Wildman–Crippen LogP) is 2.51.